The van der Waals surface area contributed by atoms with Crippen LogP contribution < -0.4 is 10.5 Å². The van der Waals surface area contributed by atoms with Crippen LogP contribution in [0.4, 0.5) is 5.82 Å². The van der Waals surface area contributed by atoms with E-state index in [1.165, 1.54) is 6.33 Å². The summed E-state index contributed by atoms with van der Waals surface area (Å²) in [5.41, 5.74) is 10.1. The van der Waals surface area contributed by atoms with Crippen molar-refractivity contribution in [2.45, 2.75) is 20.8 Å². The predicted molar refractivity (Wildman–Crippen MR) is 83.9 cm³/mol. The maximum atomic E-state index is 6.00. The van der Waals surface area contributed by atoms with Crippen LogP contribution in [-0.2, 0) is 0 Å². The highest BCUT2D eigenvalue weighted by molar-refractivity contribution is 5.92. The van der Waals surface area contributed by atoms with Gasteiger partial charge in [-0.2, -0.15) is 0 Å². The molecule has 2 N–H and O–H groups in total. The Hall–Kier alpha value is -2.56. The largest absolute Gasteiger partial charge is 0.494 e. The molecule has 5 nitrogen and oxygen atoms in total. The first kappa shape index (κ1) is 13.4. The van der Waals surface area contributed by atoms with Gasteiger partial charge in [0.2, 0.25) is 0 Å². The molecule has 5 heteroatoms. The molecule has 3 rings (SSSR count). The summed E-state index contributed by atoms with van der Waals surface area (Å²) < 4.78 is 7.58. The van der Waals surface area contributed by atoms with E-state index in [2.05, 4.69) is 21.5 Å². The van der Waals surface area contributed by atoms with Gasteiger partial charge in [-0.3, -0.25) is 4.57 Å². The van der Waals surface area contributed by atoms with E-state index in [1.807, 2.05) is 38.1 Å². The van der Waals surface area contributed by atoms with E-state index in [0.717, 1.165) is 33.7 Å². The smallest absolute Gasteiger partial charge is 0.150 e. The third-order valence-electron chi connectivity index (χ3n) is 3.73. The number of hydrogen-bond donors (Lipinski definition) is 1. The zero-order valence-electron chi connectivity index (χ0n) is 12.4. The lowest BCUT2D eigenvalue weighted by Crippen LogP contribution is -1.99. The number of ether oxygens (including phenoxy) is 1. The summed E-state index contributed by atoms with van der Waals surface area (Å²) in [6.45, 7) is 6.74. The zero-order valence-corrected chi connectivity index (χ0v) is 12.4. The number of aromatic nitrogens is 3. The number of nitrogens with zero attached hydrogens (tertiary/aromatic N) is 3. The van der Waals surface area contributed by atoms with Gasteiger partial charge in [0.1, 0.15) is 17.9 Å². The Labute approximate surface area is 123 Å². The van der Waals surface area contributed by atoms with Crippen LogP contribution >= 0.6 is 0 Å². The minimum atomic E-state index is 0.519. The van der Waals surface area contributed by atoms with E-state index < -0.39 is 0 Å². The van der Waals surface area contributed by atoms with E-state index in [0.29, 0.717) is 12.4 Å². The quantitative estimate of drug-likeness (QED) is 0.802. The number of nitrogens with two attached hydrogens (primary N) is 1. The Morgan fingerprint density at radius 2 is 1.86 bits per heavy atom. The summed E-state index contributed by atoms with van der Waals surface area (Å²) in [5, 5.41) is 0.920. The van der Waals surface area contributed by atoms with Gasteiger partial charge in [0.15, 0.2) is 5.65 Å². The minimum Gasteiger partial charge on any atom is -0.494 e. The molecule has 0 saturated heterocycles. The molecule has 0 aliphatic rings. The first-order valence-electron chi connectivity index (χ1n) is 6.94. The Kier molecular flexibility index (Phi) is 3.25. The molecule has 0 saturated carbocycles. The maximum absolute atomic E-state index is 6.00. The molecule has 0 radical (unpaired) electrons. The predicted octanol–water partition coefficient (Wildman–Crippen LogP) is 3.02. The van der Waals surface area contributed by atoms with Gasteiger partial charge in [0, 0.05) is 11.4 Å². The normalized spacial score (nSPS) is 11.0. The van der Waals surface area contributed by atoms with Crippen LogP contribution in [0.2, 0.25) is 0 Å². The molecule has 0 aliphatic heterocycles. The molecule has 0 spiro atoms. The van der Waals surface area contributed by atoms with Crippen LogP contribution in [0.25, 0.3) is 16.7 Å². The summed E-state index contributed by atoms with van der Waals surface area (Å²) >= 11 is 0. The second-order valence-electron chi connectivity index (χ2n) is 4.93. The van der Waals surface area contributed by atoms with Gasteiger partial charge in [-0.1, -0.05) is 0 Å². The van der Waals surface area contributed by atoms with Crippen molar-refractivity contribution in [2.24, 2.45) is 0 Å². The van der Waals surface area contributed by atoms with E-state index in [4.69, 9.17) is 10.5 Å². The second-order valence-corrected chi connectivity index (χ2v) is 4.93. The SMILES string of the molecule is CCOc1ccc(-n2c(C)c(C)c3c(N)ncnc32)cc1. The van der Waals surface area contributed by atoms with Crippen LogP contribution in [0.5, 0.6) is 5.75 Å². The molecular weight excluding hydrogens is 264 g/mol. The lowest BCUT2D eigenvalue weighted by molar-refractivity contribution is 0.340. The topological polar surface area (TPSA) is 66.0 Å². The third kappa shape index (κ3) is 2.11. The Morgan fingerprint density at radius 1 is 1.14 bits per heavy atom. The molecule has 0 bridgehead atoms. The average Bonchev–Trinajstić information content (AvgIpc) is 2.74. The molecule has 0 atom stereocenters. The minimum absolute atomic E-state index is 0.519. The number of rotatable bonds is 3. The molecule has 3 aromatic rings. The summed E-state index contributed by atoms with van der Waals surface area (Å²) in [4.78, 5) is 8.49. The Bertz CT molecular complexity index is 790. The summed E-state index contributed by atoms with van der Waals surface area (Å²) in [6, 6.07) is 7.97. The molecule has 21 heavy (non-hydrogen) atoms. The van der Waals surface area contributed by atoms with Gasteiger partial charge in [-0.15, -0.1) is 0 Å². The third-order valence-corrected chi connectivity index (χ3v) is 3.73. The highest BCUT2D eigenvalue weighted by atomic mass is 16.5. The van der Waals surface area contributed by atoms with Crippen LogP contribution in [-0.4, -0.2) is 21.1 Å². The van der Waals surface area contributed by atoms with Gasteiger partial charge < -0.3 is 10.5 Å². The van der Waals surface area contributed by atoms with Crippen molar-refractivity contribution in [1.29, 1.82) is 0 Å². The molecule has 2 heterocycles. The van der Waals surface area contributed by atoms with Crippen LogP contribution in [0.15, 0.2) is 30.6 Å². The standard InChI is InChI=1S/C16H18N4O/c1-4-21-13-7-5-12(6-8-13)20-11(3)10(2)14-15(17)18-9-19-16(14)20/h5-9H,4H2,1-3H3,(H2,17,18,19). The van der Waals surface area contributed by atoms with Crippen molar-refractivity contribution in [2.75, 3.05) is 12.3 Å². The maximum Gasteiger partial charge on any atom is 0.150 e. The molecule has 0 amide bonds. The number of anilines is 1. The number of aryl methyl sites for hydroxylation is 1. The van der Waals surface area contributed by atoms with E-state index in [9.17, 15) is 0 Å². The fraction of sp³-hybridized carbons (Fsp3) is 0.250. The van der Waals surface area contributed by atoms with Crippen molar-refractivity contribution in [3.63, 3.8) is 0 Å². The fourth-order valence-electron chi connectivity index (χ4n) is 2.60. The van der Waals surface area contributed by atoms with Gasteiger partial charge in [0.05, 0.1) is 12.0 Å². The Morgan fingerprint density at radius 3 is 2.52 bits per heavy atom. The lowest BCUT2D eigenvalue weighted by Gasteiger charge is -2.09. The van der Waals surface area contributed by atoms with Gasteiger partial charge in [-0.05, 0) is 50.6 Å². The van der Waals surface area contributed by atoms with Crippen molar-refractivity contribution in [3.05, 3.63) is 41.9 Å². The van der Waals surface area contributed by atoms with Gasteiger partial charge in [-0.25, -0.2) is 9.97 Å². The summed E-state index contributed by atoms with van der Waals surface area (Å²) in [6.07, 6.45) is 1.50. The van der Waals surface area contributed by atoms with Crippen molar-refractivity contribution < 1.29 is 4.74 Å². The molecule has 0 aliphatic carbocycles. The zero-order chi connectivity index (χ0) is 15.0. The lowest BCUT2D eigenvalue weighted by atomic mass is 10.2. The summed E-state index contributed by atoms with van der Waals surface area (Å²) in [5.74, 6) is 1.38. The molecule has 2 aromatic heterocycles. The number of nitrogen functional groups attached to an aromatic ring is 1. The second kappa shape index (κ2) is 5.09. The molecule has 0 unspecified atom stereocenters. The van der Waals surface area contributed by atoms with Gasteiger partial charge >= 0.3 is 0 Å². The monoisotopic (exact) mass is 282 g/mol. The van der Waals surface area contributed by atoms with Crippen LogP contribution in [0.1, 0.15) is 18.2 Å². The number of hydrogen-bond acceptors (Lipinski definition) is 4. The van der Waals surface area contributed by atoms with E-state index in [1.54, 1.807) is 0 Å². The number of fused-ring (bicyclic) bond motifs is 1. The van der Waals surface area contributed by atoms with Crippen molar-refractivity contribution >= 4 is 16.9 Å². The fourth-order valence-corrected chi connectivity index (χ4v) is 2.60. The van der Waals surface area contributed by atoms with Crippen molar-refractivity contribution in [1.82, 2.24) is 14.5 Å². The highest BCUT2D eigenvalue weighted by Crippen LogP contribution is 2.30. The molecular formula is C16H18N4O. The highest BCUT2D eigenvalue weighted by Gasteiger charge is 2.16. The molecule has 108 valence electrons. The Balaban J connectivity index is 2.20. The van der Waals surface area contributed by atoms with Gasteiger partial charge in [0.25, 0.3) is 0 Å². The molecule has 0 fully saturated rings. The van der Waals surface area contributed by atoms with Crippen LogP contribution in [0, 0.1) is 13.8 Å². The molecule has 1 aromatic carbocycles. The van der Waals surface area contributed by atoms with Crippen LogP contribution in [0.3, 0.4) is 0 Å². The summed E-state index contributed by atoms with van der Waals surface area (Å²) in [7, 11) is 0. The number of benzene rings is 1. The van der Waals surface area contributed by atoms with E-state index in [-0.39, 0.29) is 0 Å². The first-order chi connectivity index (χ1) is 10.1. The average molecular weight is 282 g/mol. The van der Waals surface area contributed by atoms with E-state index >= 15 is 0 Å². The van der Waals surface area contributed by atoms with Crippen molar-refractivity contribution in [3.8, 4) is 11.4 Å². The first-order valence-corrected chi connectivity index (χ1v) is 6.94.